The number of nitrogens with zero attached hydrogens (tertiary/aromatic N) is 1. The molecule has 0 unspecified atom stereocenters. The van der Waals surface area contributed by atoms with Crippen LogP contribution in [0.4, 0.5) is 5.69 Å². The number of amides is 1. The number of rotatable bonds is 0. The predicted octanol–water partition coefficient (Wildman–Crippen LogP) is 6.79. The summed E-state index contributed by atoms with van der Waals surface area (Å²) < 4.78 is 9.71. The zero-order valence-corrected chi connectivity index (χ0v) is 24.7. The number of ether oxygens (including phenoxy) is 1. The molecular formula is C32H41ClN2O3S. The molecular weight excluding hydrogens is 528 g/mol. The minimum absolute atomic E-state index is 0.0533. The van der Waals surface area contributed by atoms with Gasteiger partial charge in [-0.05, 0) is 116 Å². The van der Waals surface area contributed by atoms with Gasteiger partial charge in [0.25, 0.3) is 5.91 Å². The number of aliphatic hydroxyl groups excluding tert-OH is 1. The molecule has 2 aliphatic heterocycles. The van der Waals surface area contributed by atoms with Crippen molar-refractivity contribution in [1.82, 2.24) is 4.72 Å². The Morgan fingerprint density at radius 2 is 1.97 bits per heavy atom. The van der Waals surface area contributed by atoms with Gasteiger partial charge in [-0.15, -0.1) is 0 Å². The van der Waals surface area contributed by atoms with E-state index in [9.17, 15) is 9.90 Å². The second-order valence-corrected chi connectivity index (χ2v) is 14.1. The fraction of sp³-hybridized carbons (Fsp3) is 0.594. The first kappa shape index (κ1) is 27.3. The van der Waals surface area contributed by atoms with E-state index >= 15 is 0 Å². The van der Waals surface area contributed by atoms with E-state index in [4.69, 9.17) is 16.3 Å². The standard InChI is InChI=1S/C32H41ClN2O3S/c1-20-5-3-7-29(36)26-11-8-24(26)17-35-18-32(14-4-6-22-15-25(33)10-12-27(22)32)19-38-30-13-9-23(16-28(30)35)31(37)34-39-21(20)2/h9-10,12-13,15-16,20-21,24,26,29,36H,3-8,11,14,17-19H2,1-2H3,(H,34,37)/t20-,21-,24-,26+,29-,32-/m0/s1. The Labute approximate surface area is 242 Å². The van der Waals surface area contributed by atoms with Gasteiger partial charge in [-0.25, -0.2) is 0 Å². The van der Waals surface area contributed by atoms with Gasteiger partial charge >= 0.3 is 0 Å². The van der Waals surface area contributed by atoms with Crippen molar-refractivity contribution in [2.24, 2.45) is 17.8 Å². The number of carbonyl (C=O) groups is 1. The molecule has 2 aromatic rings. The highest BCUT2D eigenvalue weighted by Gasteiger charge is 2.44. The summed E-state index contributed by atoms with van der Waals surface area (Å²) in [4.78, 5) is 15.7. The zero-order valence-electron chi connectivity index (χ0n) is 23.1. The lowest BCUT2D eigenvalue weighted by atomic mass is 9.68. The average molecular weight is 569 g/mol. The van der Waals surface area contributed by atoms with Gasteiger partial charge in [0, 0.05) is 34.3 Å². The first-order valence-corrected chi connectivity index (χ1v) is 16.0. The van der Waals surface area contributed by atoms with Crippen LogP contribution in [0.1, 0.15) is 80.3 Å². The fourth-order valence-corrected chi connectivity index (χ4v) is 8.26. The molecule has 1 spiro atoms. The first-order valence-electron chi connectivity index (χ1n) is 14.8. The van der Waals surface area contributed by atoms with Crippen molar-refractivity contribution in [1.29, 1.82) is 0 Å². The quantitative estimate of drug-likeness (QED) is 0.343. The summed E-state index contributed by atoms with van der Waals surface area (Å²) >= 11 is 7.92. The molecule has 0 saturated heterocycles. The molecule has 1 fully saturated rings. The molecule has 39 heavy (non-hydrogen) atoms. The summed E-state index contributed by atoms with van der Waals surface area (Å²) in [5, 5.41) is 12.3. The zero-order chi connectivity index (χ0) is 27.1. The Morgan fingerprint density at radius 3 is 2.79 bits per heavy atom. The van der Waals surface area contributed by atoms with Gasteiger partial charge in [-0.1, -0.05) is 37.9 Å². The Morgan fingerprint density at radius 1 is 1.10 bits per heavy atom. The molecule has 6 atom stereocenters. The summed E-state index contributed by atoms with van der Waals surface area (Å²) in [7, 11) is 0. The lowest BCUT2D eigenvalue weighted by Gasteiger charge is -2.46. The van der Waals surface area contributed by atoms with E-state index in [1.165, 1.54) is 23.1 Å². The highest BCUT2D eigenvalue weighted by molar-refractivity contribution is 7.98. The molecule has 2 heterocycles. The van der Waals surface area contributed by atoms with Crippen LogP contribution in [0.15, 0.2) is 36.4 Å². The second kappa shape index (κ2) is 11.2. The summed E-state index contributed by atoms with van der Waals surface area (Å²) in [6.45, 7) is 6.74. The van der Waals surface area contributed by atoms with Crippen LogP contribution in [-0.4, -0.2) is 42.1 Å². The number of hydrogen-bond donors (Lipinski definition) is 2. The van der Waals surface area contributed by atoms with Crippen LogP contribution in [0.3, 0.4) is 0 Å². The van der Waals surface area contributed by atoms with Crippen LogP contribution in [0.5, 0.6) is 5.75 Å². The van der Waals surface area contributed by atoms with E-state index < -0.39 is 0 Å². The topological polar surface area (TPSA) is 61.8 Å². The van der Waals surface area contributed by atoms with Crippen LogP contribution in [0.25, 0.3) is 0 Å². The molecule has 6 rings (SSSR count). The van der Waals surface area contributed by atoms with Gasteiger partial charge in [0.2, 0.25) is 0 Å². The largest absolute Gasteiger partial charge is 0.490 e. The van der Waals surface area contributed by atoms with Gasteiger partial charge in [0.05, 0.1) is 18.4 Å². The van der Waals surface area contributed by atoms with Crippen molar-refractivity contribution in [3.63, 3.8) is 0 Å². The third-order valence-corrected chi connectivity index (χ3v) is 11.4. The maximum Gasteiger partial charge on any atom is 0.261 e. The minimum atomic E-state index is -0.243. The summed E-state index contributed by atoms with van der Waals surface area (Å²) in [5.41, 5.74) is 4.20. The van der Waals surface area contributed by atoms with Crippen LogP contribution < -0.4 is 14.4 Å². The van der Waals surface area contributed by atoms with Crippen LogP contribution in [0, 0.1) is 17.8 Å². The van der Waals surface area contributed by atoms with Gasteiger partial charge < -0.3 is 14.7 Å². The lowest BCUT2D eigenvalue weighted by molar-refractivity contribution is 0.00858. The summed E-state index contributed by atoms with van der Waals surface area (Å²) in [6, 6.07) is 12.3. The maximum absolute atomic E-state index is 13.3. The van der Waals surface area contributed by atoms with E-state index in [2.05, 4.69) is 35.6 Å². The van der Waals surface area contributed by atoms with Crippen molar-refractivity contribution in [3.05, 3.63) is 58.1 Å². The first-order chi connectivity index (χ1) is 18.8. The van der Waals surface area contributed by atoms with Crippen molar-refractivity contribution < 1.29 is 14.6 Å². The van der Waals surface area contributed by atoms with E-state index in [0.29, 0.717) is 35.2 Å². The molecule has 2 N–H and O–H groups in total. The normalized spacial score (nSPS) is 33.2. The smallest absolute Gasteiger partial charge is 0.261 e. The van der Waals surface area contributed by atoms with E-state index in [1.54, 1.807) is 0 Å². The number of aryl methyl sites for hydroxylation is 1. The molecule has 1 saturated carbocycles. The lowest BCUT2D eigenvalue weighted by Crippen LogP contribution is -2.49. The number of carbonyl (C=O) groups excluding carboxylic acids is 1. The molecule has 2 aromatic carbocycles. The fourth-order valence-electron chi connectivity index (χ4n) is 7.29. The SMILES string of the molecule is C[C@@H]1SNC(=O)c2ccc3c(c2)N(C[C@@H]2CC[C@H]2[C@@H](O)CCC[C@@H]1C)C[C@@]1(CCCc2cc(Cl)ccc21)CO3. The maximum atomic E-state index is 13.3. The number of aliphatic hydroxyl groups is 1. The van der Waals surface area contributed by atoms with Crippen LogP contribution in [-0.2, 0) is 11.8 Å². The van der Waals surface area contributed by atoms with Crippen molar-refractivity contribution >= 4 is 35.1 Å². The third-order valence-electron chi connectivity index (χ3n) is 10.0. The summed E-state index contributed by atoms with van der Waals surface area (Å²) in [6.07, 6.45) is 8.14. The minimum Gasteiger partial charge on any atom is -0.490 e. The number of benzene rings is 2. The summed E-state index contributed by atoms with van der Waals surface area (Å²) in [5.74, 6) is 2.04. The molecule has 2 aliphatic carbocycles. The van der Waals surface area contributed by atoms with Gasteiger partial charge in [0.1, 0.15) is 5.75 Å². The number of hydrogen-bond acceptors (Lipinski definition) is 5. The number of anilines is 1. The monoisotopic (exact) mass is 568 g/mol. The van der Waals surface area contributed by atoms with Gasteiger partial charge in [0.15, 0.2) is 0 Å². The molecule has 0 radical (unpaired) electrons. The molecule has 5 nitrogen and oxygen atoms in total. The molecule has 7 heteroatoms. The molecule has 1 amide bonds. The third kappa shape index (κ3) is 5.41. The van der Waals surface area contributed by atoms with Crippen molar-refractivity contribution in [2.45, 2.75) is 82.0 Å². The molecule has 0 aromatic heterocycles. The Balaban J connectivity index is 1.38. The molecule has 4 aliphatic rings. The van der Waals surface area contributed by atoms with Crippen molar-refractivity contribution in [3.8, 4) is 5.75 Å². The van der Waals surface area contributed by atoms with Crippen molar-refractivity contribution in [2.75, 3.05) is 24.6 Å². The van der Waals surface area contributed by atoms with Crippen LogP contribution in [0.2, 0.25) is 5.02 Å². The molecule has 2 bridgehead atoms. The van der Waals surface area contributed by atoms with E-state index in [-0.39, 0.29) is 17.4 Å². The van der Waals surface area contributed by atoms with Gasteiger partial charge in [-0.3, -0.25) is 9.52 Å². The Kier molecular flexibility index (Phi) is 7.82. The highest BCUT2D eigenvalue weighted by Crippen LogP contribution is 2.47. The predicted molar refractivity (Wildman–Crippen MR) is 160 cm³/mol. The van der Waals surface area contributed by atoms with Gasteiger partial charge in [-0.2, -0.15) is 0 Å². The van der Waals surface area contributed by atoms with E-state index in [1.807, 2.05) is 24.3 Å². The second-order valence-electron chi connectivity index (χ2n) is 12.5. The van der Waals surface area contributed by atoms with E-state index in [0.717, 1.165) is 80.9 Å². The van der Waals surface area contributed by atoms with Crippen LogP contribution >= 0.6 is 23.5 Å². The Bertz CT molecular complexity index is 1220. The number of halogens is 1. The average Bonchev–Trinajstić information content (AvgIpc) is 3.05. The number of fused-ring (bicyclic) bond motifs is 4. The highest BCUT2D eigenvalue weighted by atomic mass is 35.5. The molecule has 210 valence electrons. The Hall–Kier alpha value is -1.89. The number of nitrogens with one attached hydrogen (secondary N) is 1.